The van der Waals surface area contributed by atoms with E-state index in [1.54, 1.807) is 13.8 Å². The van der Waals surface area contributed by atoms with Gasteiger partial charge in [-0.1, -0.05) is 5.16 Å². The van der Waals surface area contributed by atoms with Crippen molar-refractivity contribution in [1.82, 2.24) is 9.46 Å². The minimum absolute atomic E-state index is 0.0947. The van der Waals surface area contributed by atoms with E-state index in [1.165, 1.54) is 4.31 Å². The number of sulfonamides is 1. The molecule has 6 nitrogen and oxygen atoms in total. The van der Waals surface area contributed by atoms with E-state index in [1.807, 2.05) is 0 Å². The van der Waals surface area contributed by atoms with Crippen LogP contribution in [0, 0.1) is 13.8 Å². The lowest BCUT2D eigenvalue weighted by atomic mass is 10.4. The van der Waals surface area contributed by atoms with Crippen molar-refractivity contribution < 1.29 is 12.9 Å². The first kappa shape index (κ1) is 12.5. The Hall–Kier alpha value is -0.920. The second-order valence-electron chi connectivity index (χ2n) is 4.29. The van der Waals surface area contributed by atoms with Gasteiger partial charge in [-0.2, -0.15) is 4.31 Å². The standard InChI is InChI=1S/C10H17N3O3S/c1-7-10(8(2)16-12-7)17(14,15)13(6-5-11)9-3-4-9/h9H,3-6,11H2,1-2H3. The quantitative estimate of drug-likeness (QED) is 0.827. The molecule has 1 aliphatic carbocycles. The number of rotatable bonds is 5. The summed E-state index contributed by atoms with van der Waals surface area (Å²) in [6, 6.07) is 0.0947. The van der Waals surface area contributed by atoms with Crippen molar-refractivity contribution in [2.75, 3.05) is 13.1 Å². The van der Waals surface area contributed by atoms with Gasteiger partial charge in [-0.25, -0.2) is 8.42 Å². The number of nitrogens with two attached hydrogens (primary N) is 1. The number of nitrogens with zero attached hydrogens (tertiary/aromatic N) is 2. The van der Waals surface area contributed by atoms with Crippen LogP contribution in [0.2, 0.25) is 0 Å². The van der Waals surface area contributed by atoms with E-state index in [4.69, 9.17) is 10.3 Å². The van der Waals surface area contributed by atoms with Crippen LogP contribution in [-0.4, -0.2) is 37.0 Å². The molecule has 96 valence electrons. The molecule has 0 spiro atoms. The number of aromatic nitrogens is 1. The van der Waals surface area contributed by atoms with Crippen molar-refractivity contribution >= 4 is 10.0 Å². The van der Waals surface area contributed by atoms with Crippen molar-refractivity contribution in [2.45, 2.75) is 37.6 Å². The van der Waals surface area contributed by atoms with Gasteiger partial charge in [0.15, 0.2) is 5.76 Å². The molecule has 7 heteroatoms. The van der Waals surface area contributed by atoms with Gasteiger partial charge in [-0.3, -0.25) is 0 Å². The van der Waals surface area contributed by atoms with Gasteiger partial charge >= 0.3 is 0 Å². The lowest BCUT2D eigenvalue weighted by Crippen LogP contribution is -2.37. The zero-order chi connectivity index (χ0) is 12.6. The molecule has 2 rings (SSSR count). The third-order valence-electron chi connectivity index (χ3n) is 2.84. The molecule has 0 aromatic carbocycles. The highest BCUT2D eigenvalue weighted by molar-refractivity contribution is 7.89. The zero-order valence-corrected chi connectivity index (χ0v) is 10.8. The third-order valence-corrected chi connectivity index (χ3v) is 5.04. The Morgan fingerprint density at radius 2 is 2.12 bits per heavy atom. The molecule has 0 amide bonds. The van der Waals surface area contributed by atoms with Crippen LogP contribution < -0.4 is 5.73 Å². The van der Waals surface area contributed by atoms with Crippen molar-refractivity contribution in [3.05, 3.63) is 11.5 Å². The van der Waals surface area contributed by atoms with Crippen molar-refractivity contribution in [3.8, 4) is 0 Å². The van der Waals surface area contributed by atoms with E-state index in [0.29, 0.717) is 24.5 Å². The first-order valence-corrected chi connectivity index (χ1v) is 7.07. The average Bonchev–Trinajstić information content (AvgIpc) is 3.01. The van der Waals surface area contributed by atoms with Gasteiger partial charge in [0.25, 0.3) is 0 Å². The van der Waals surface area contributed by atoms with Crippen molar-refractivity contribution in [2.24, 2.45) is 5.73 Å². The monoisotopic (exact) mass is 259 g/mol. The summed E-state index contributed by atoms with van der Waals surface area (Å²) >= 11 is 0. The summed E-state index contributed by atoms with van der Waals surface area (Å²) in [5, 5.41) is 3.69. The van der Waals surface area contributed by atoms with Crippen LogP contribution in [0.3, 0.4) is 0 Å². The molecule has 0 atom stereocenters. The van der Waals surface area contributed by atoms with Gasteiger partial charge in [0.05, 0.1) is 0 Å². The molecule has 1 heterocycles. The molecule has 0 aliphatic heterocycles. The van der Waals surface area contributed by atoms with Crippen LogP contribution in [0.5, 0.6) is 0 Å². The Morgan fingerprint density at radius 1 is 1.47 bits per heavy atom. The third kappa shape index (κ3) is 2.22. The second-order valence-corrected chi connectivity index (χ2v) is 6.12. The topological polar surface area (TPSA) is 89.4 Å². The Morgan fingerprint density at radius 3 is 2.53 bits per heavy atom. The van der Waals surface area contributed by atoms with E-state index in [9.17, 15) is 8.42 Å². The molecule has 0 bridgehead atoms. The first-order chi connectivity index (χ1) is 7.98. The predicted molar refractivity (Wildman–Crippen MR) is 61.9 cm³/mol. The van der Waals surface area contributed by atoms with E-state index in [0.717, 1.165) is 12.8 Å². The van der Waals surface area contributed by atoms with Gasteiger partial charge in [0, 0.05) is 19.1 Å². The normalized spacial score (nSPS) is 16.7. The lowest BCUT2D eigenvalue weighted by molar-refractivity contribution is 0.387. The maximum absolute atomic E-state index is 12.5. The summed E-state index contributed by atoms with van der Waals surface area (Å²) in [6.45, 7) is 3.91. The smallest absolute Gasteiger partial charge is 0.248 e. The van der Waals surface area contributed by atoms with Crippen LogP contribution in [0.1, 0.15) is 24.3 Å². The summed E-state index contributed by atoms with van der Waals surface area (Å²) in [4.78, 5) is 0.192. The van der Waals surface area contributed by atoms with Gasteiger partial charge in [-0.05, 0) is 26.7 Å². The molecule has 2 N–H and O–H groups in total. The lowest BCUT2D eigenvalue weighted by Gasteiger charge is -2.20. The summed E-state index contributed by atoms with van der Waals surface area (Å²) in [5.41, 5.74) is 5.88. The van der Waals surface area contributed by atoms with Crippen molar-refractivity contribution in [3.63, 3.8) is 0 Å². The summed E-state index contributed by atoms with van der Waals surface area (Å²) in [7, 11) is -3.52. The molecule has 17 heavy (non-hydrogen) atoms. The molecule has 1 saturated carbocycles. The van der Waals surface area contributed by atoms with E-state index in [2.05, 4.69) is 5.16 Å². The first-order valence-electron chi connectivity index (χ1n) is 5.63. The van der Waals surface area contributed by atoms with Crippen molar-refractivity contribution in [1.29, 1.82) is 0 Å². The molecule has 0 saturated heterocycles. The van der Waals surface area contributed by atoms with E-state index < -0.39 is 10.0 Å². The number of hydrogen-bond donors (Lipinski definition) is 1. The fourth-order valence-corrected chi connectivity index (χ4v) is 3.94. The largest absolute Gasteiger partial charge is 0.360 e. The van der Waals surface area contributed by atoms with Crippen LogP contribution in [0.4, 0.5) is 0 Å². The minimum Gasteiger partial charge on any atom is -0.360 e. The Labute approximate surface area is 101 Å². The van der Waals surface area contributed by atoms with E-state index in [-0.39, 0.29) is 10.9 Å². The zero-order valence-electron chi connectivity index (χ0n) is 10.0. The highest BCUT2D eigenvalue weighted by Gasteiger charge is 2.40. The Balaban J connectivity index is 2.40. The fourth-order valence-electron chi connectivity index (χ4n) is 1.95. The van der Waals surface area contributed by atoms with Gasteiger partial charge in [0.1, 0.15) is 10.6 Å². The van der Waals surface area contributed by atoms with Gasteiger partial charge in [0.2, 0.25) is 10.0 Å². The van der Waals surface area contributed by atoms with E-state index >= 15 is 0 Å². The summed E-state index contributed by atoms with van der Waals surface area (Å²) in [5.74, 6) is 0.338. The maximum Gasteiger partial charge on any atom is 0.248 e. The summed E-state index contributed by atoms with van der Waals surface area (Å²) in [6.07, 6.45) is 1.81. The molecule has 1 aliphatic rings. The molecule has 1 fully saturated rings. The highest BCUT2D eigenvalue weighted by atomic mass is 32.2. The predicted octanol–water partition coefficient (Wildman–Crippen LogP) is 0.403. The molecule has 0 radical (unpaired) electrons. The fraction of sp³-hybridized carbons (Fsp3) is 0.700. The molecular weight excluding hydrogens is 242 g/mol. The maximum atomic E-state index is 12.5. The summed E-state index contributed by atoms with van der Waals surface area (Å²) < 4.78 is 31.3. The second kappa shape index (κ2) is 4.40. The van der Waals surface area contributed by atoms with Gasteiger partial charge < -0.3 is 10.3 Å². The molecule has 1 aromatic heterocycles. The Kier molecular flexibility index (Phi) is 3.24. The molecular formula is C10H17N3O3S. The van der Waals surface area contributed by atoms with Crippen LogP contribution in [0.25, 0.3) is 0 Å². The van der Waals surface area contributed by atoms with Crippen LogP contribution in [-0.2, 0) is 10.0 Å². The SMILES string of the molecule is Cc1noc(C)c1S(=O)(=O)N(CCN)C1CC1. The average molecular weight is 259 g/mol. The van der Waals surface area contributed by atoms with Crippen LogP contribution >= 0.6 is 0 Å². The Bertz CT molecular complexity index is 485. The highest BCUT2D eigenvalue weighted by Crippen LogP contribution is 2.33. The number of hydrogen-bond acceptors (Lipinski definition) is 5. The molecule has 0 unspecified atom stereocenters. The minimum atomic E-state index is -3.52. The van der Waals surface area contributed by atoms with Gasteiger partial charge in [-0.15, -0.1) is 0 Å². The number of aryl methyl sites for hydroxylation is 2. The van der Waals surface area contributed by atoms with Crippen LogP contribution in [0.15, 0.2) is 9.42 Å². The molecule has 1 aromatic rings.